The van der Waals surface area contributed by atoms with E-state index in [9.17, 15) is 0 Å². The summed E-state index contributed by atoms with van der Waals surface area (Å²) in [5, 5.41) is 1.20. The molecule has 0 atom stereocenters. The molecule has 0 unspecified atom stereocenters. The molecule has 17 heavy (non-hydrogen) atoms. The molecule has 0 aliphatic carbocycles. The first-order chi connectivity index (χ1) is 8.38. The topological polar surface area (TPSA) is 21.7 Å². The summed E-state index contributed by atoms with van der Waals surface area (Å²) in [4.78, 5) is 2.51. The Labute approximate surface area is 109 Å². The van der Waals surface area contributed by atoms with Gasteiger partial charge >= 0.3 is 109 Å². The second-order valence-electron chi connectivity index (χ2n) is 4.06. The van der Waals surface area contributed by atoms with Gasteiger partial charge in [-0.3, -0.25) is 0 Å². The van der Waals surface area contributed by atoms with Crippen LogP contribution in [0.1, 0.15) is 5.56 Å². The molecule has 1 aromatic rings. The summed E-state index contributed by atoms with van der Waals surface area (Å²) < 4.78 is 10.5. The van der Waals surface area contributed by atoms with Crippen LogP contribution in [0.5, 0.6) is 5.75 Å². The van der Waals surface area contributed by atoms with Gasteiger partial charge in [0.25, 0.3) is 0 Å². The van der Waals surface area contributed by atoms with E-state index in [1.165, 1.54) is 16.3 Å². The first-order valence-corrected chi connectivity index (χ1v) is 8.31. The molecule has 2 rings (SSSR count). The van der Waals surface area contributed by atoms with Gasteiger partial charge in [-0.1, -0.05) is 0 Å². The zero-order chi connectivity index (χ0) is 11.9. The average molecular weight is 300 g/mol. The molecule has 1 heterocycles. The number of ether oxygens (including phenoxy) is 2. The third-order valence-corrected chi connectivity index (χ3v) is 5.08. The summed E-state index contributed by atoms with van der Waals surface area (Å²) in [5.41, 5.74) is 2.65. The van der Waals surface area contributed by atoms with Crippen LogP contribution in [0.25, 0.3) is 0 Å². The minimum atomic E-state index is 0.659. The van der Waals surface area contributed by atoms with Crippen LogP contribution in [0, 0.1) is 0 Å². The Morgan fingerprint density at radius 3 is 2.59 bits per heavy atom. The Kier molecular flexibility index (Phi) is 5.33. The standard InChI is InChI=1S/C13H19NO2Se/c1-15-13-4-2-12(3-5-13)10-17-11-14-6-8-16-9-7-14/h2-5H,6-11H2,1H3. The predicted molar refractivity (Wildman–Crippen MR) is 69.7 cm³/mol. The minimum absolute atomic E-state index is 0.659. The second-order valence-corrected chi connectivity index (χ2v) is 6.06. The fourth-order valence-corrected chi connectivity index (χ4v) is 3.92. The van der Waals surface area contributed by atoms with Crippen LogP contribution in [-0.4, -0.2) is 58.7 Å². The fraction of sp³-hybridized carbons (Fsp3) is 0.538. The third kappa shape index (κ3) is 4.32. The number of morpholine rings is 1. The van der Waals surface area contributed by atoms with E-state index in [-0.39, 0.29) is 0 Å². The summed E-state index contributed by atoms with van der Waals surface area (Å²) in [6.45, 7) is 4.01. The Hall–Kier alpha value is -0.541. The molecular weight excluding hydrogens is 281 g/mol. The molecule has 0 bridgehead atoms. The van der Waals surface area contributed by atoms with Crippen molar-refractivity contribution >= 4 is 15.0 Å². The van der Waals surface area contributed by atoms with E-state index in [2.05, 4.69) is 17.0 Å². The van der Waals surface area contributed by atoms with Crippen molar-refractivity contribution in [1.29, 1.82) is 0 Å². The van der Waals surface area contributed by atoms with E-state index in [0.717, 1.165) is 32.1 Å². The summed E-state index contributed by atoms with van der Waals surface area (Å²) >= 11 is 0.659. The Bertz CT molecular complexity index is 323. The molecule has 1 aromatic carbocycles. The number of hydrogen-bond acceptors (Lipinski definition) is 3. The zero-order valence-electron chi connectivity index (χ0n) is 10.2. The second kappa shape index (κ2) is 7.02. The van der Waals surface area contributed by atoms with Gasteiger partial charge in [0.05, 0.1) is 0 Å². The molecule has 1 aliphatic heterocycles. The van der Waals surface area contributed by atoms with Crippen molar-refractivity contribution < 1.29 is 9.47 Å². The molecule has 0 amide bonds. The Morgan fingerprint density at radius 1 is 1.24 bits per heavy atom. The van der Waals surface area contributed by atoms with Gasteiger partial charge in [0.15, 0.2) is 0 Å². The van der Waals surface area contributed by atoms with Gasteiger partial charge in [-0.15, -0.1) is 0 Å². The maximum absolute atomic E-state index is 5.34. The van der Waals surface area contributed by atoms with Crippen LogP contribution in [-0.2, 0) is 10.1 Å². The molecule has 1 saturated heterocycles. The first kappa shape index (κ1) is 12.9. The van der Waals surface area contributed by atoms with Crippen LogP contribution in [0.3, 0.4) is 0 Å². The number of hydrogen-bond donors (Lipinski definition) is 0. The molecule has 3 nitrogen and oxygen atoms in total. The molecule has 0 aromatic heterocycles. The monoisotopic (exact) mass is 301 g/mol. The molecule has 1 aliphatic rings. The van der Waals surface area contributed by atoms with Gasteiger partial charge in [0.2, 0.25) is 0 Å². The molecule has 4 heteroatoms. The van der Waals surface area contributed by atoms with Crippen molar-refractivity contribution in [3.05, 3.63) is 29.8 Å². The van der Waals surface area contributed by atoms with Crippen molar-refractivity contribution in [3.63, 3.8) is 0 Å². The van der Waals surface area contributed by atoms with Crippen molar-refractivity contribution in [2.75, 3.05) is 38.9 Å². The fourth-order valence-electron chi connectivity index (χ4n) is 1.74. The number of methoxy groups -OCH3 is 1. The molecule has 94 valence electrons. The maximum atomic E-state index is 5.34. The van der Waals surface area contributed by atoms with Gasteiger partial charge in [-0.2, -0.15) is 0 Å². The molecule has 1 fully saturated rings. The number of rotatable bonds is 5. The zero-order valence-corrected chi connectivity index (χ0v) is 11.9. The molecule has 0 radical (unpaired) electrons. The molecular formula is C13H19NO2Se. The van der Waals surface area contributed by atoms with Crippen LogP contribution in [0.2, 0.25) is 0 Å². The predicted octanol–water partition coefficient (Wildman–Crippen LogP) is 1.19. The van der Waals surface area contributed by atoms with Crippen molar-refractivity contribution in [2.24, 2.45) is 0 Å². The third-order valence-electron chi connectivity index (χ3n) is 2.81. The molecule has 0 saturated carbocycles. The van der Waals surface area contributed by atoms with Crippen LogP contribution >= 0.6 is 0 Å². The SMILES string of the molecule is COc1ccc(C[Se]CN2CCOCC2)cc1. The van der Waals surface area contributed by atoms with Gasteiger partial charge in [-0.25, -0.2) is 0 Å². The van der Waals surface area contributed by atoms with Gasteiger partial charge in [0, 0.05) is 0 Å². The summed E-state index contributed by atoms with van der Waals surface area (Å²) in [5.74, 6) is 0.939. The summed E-state index contributed by atoms with van der Waals surface area (Å²) in [6, 6.07) is 8.42. The van der Waals surface area contributed by atoms with Crippen LogP contribution in [0.4, 0.5) is 0 Å². The van der Waals surface area contributed by atoms with Crippen LogP contribution < -0.4 is 4.74 Å². The average Bonchev–Trinajstić information content (AvgIpc) is 2.41. The van der Waals surface area contributed by atoms with E-state index in [0.29, 0.717) is 15.0 Å². The van der Waals surface area contributed by atoms with Crippen molar-refractivity contribution in [2.45, 2.75) is 5.32 Å². The van der Waals surface area contributed by atoms with E-state index >= 15 is 0 Å². The number of benzene rings is 1. The Balaban J connectivity index is 1.69. The summed E-state index contributed by atoms with van der Waals surface area (Å²) in [7, 11) is 1.71. The Morgan fingerprint density at radius 2 is 1.94 bits per heavy atom. The van der Waals surface area contributed by atoms with Gasteiger partial charge < -0.3 is 0 Å². The van der Waals surface area contributed by atoms with Gasteiger partial charge in [0.1, 0.15) is 0 Å². The van der Waals surface area contributed by atoms with Gasteiger partial charge in [-0.05, 0) is 0 Å². The van der Waals surface area contributed by atoms with E-state index in [1.54, 1.807) is 7.11 Å². The normalized spacial score (nSPS) is 17.0. The van der Waals surface area contributed by atoms with E-state index in [1.807, 2.05) is 12.1 Å². The molecule has 0 spiro atoms. The van der Waals surface area contributed by atoms with Crippen molar-refractivity contribution in [3.8, 4) is 5.75 Å². The van der Waals surface area contributed by atoms with E-state index in [4.69, 9.17) is 9.47 Å². The van der Waals surface area contributed by atoms with Crippen molar-refractivity contribution in [1.82, 2.24) is 4.90 Å². The summed E-state index contributed by atoms with van der Waals surface area (Å²) in [6.07, 6.45) is 0. The van der Waals surface area contributed by atoms with E-state index < -0.39 is 0 Å². The quantitative estimate of drug-likeness (QED) is 0.763. The van der Waals surface area contributed by atoms with Crippen LogP contribution in [0.15, 0.2) is 24.3 Å². The molecule has 0 N–H and O–H groups in total. The first-order valence-electron chi connectivity index (χ1n) is 5.89. The number of nitrogens with zero attached hydrogens (tertiary/aromatic N) is 1.